The van der Waals surface area contributed by atoms with E-state index in [-0.39, 0.29) is 5.91 Å². The van der Waals surface area contributed by atoms with E-state index in [2.05, 4.69) is 5.32 Å². The zero-order chi connectivity index (χ0) is 20.0. The molecule has 0 aromatic heterocycles. The Morgan fingerprint density at radius 1 is 1.19 bits per heavy atom. The molecular weight excluding hydrogens is 364 g/mol. The summed E-state index contributed by atoms with van der Waals surface area (Å²) >= 11 is 0. The van der Waals surface area contributed by atoms with E-state index < -0.39 is 16.1 Å². The van der Waals surface area contributed by atoms with Crippen LogP contribution >= 0.6 is 0 Å². The van der Waals surface area contributed by atoms with Gasteiger partial charge in [0, 0.05) is 12.6 Å². The average Bonchev–Trinajstić information content (AvgIpc) is 2.64. The van der Waals surface area contributed by atoms with Crippen molar-refractivity contribution < 1.29 is 17.9 Å². The third-order valence-electron chi connectivity index (χ3n) is 4.35. The highest BCUT2D eigenvalue weighted by Crippen LogP contribution is 2.26. The molecule has 0 bridgehead atoms. The van der Waals surface area contributed by atoms with Gasteiger partial charge in [-0.3, -0.25) is 9.10 Å². The molecule has 0 spiro atoms. The summed E-state index contributed by atoms with van der Waals surface area (Å²) in [6, 6.07) is 13.6. The van der Waals surface area contributed by atoms with Crippen LogP contribution in [0.5, 0.6) is 5.75 Å². The van der Waals surface area contributed by atoms with Gasteiger partial charge in [0.1, 0.15) is 11.8 Å². The number of hydrogen-bond donors (Lipinski definition) is 1. The van der Waals surface area contributed by atoms with E-state index >= 15 is 0 Å². The number of rotatable bonds is 8. The molecule has 2 aromatic rings. The normalized spacial score (nSPS) is 12.3. The Bertz CT molecular complexity index is 896. The second-order valence-corrected chi connectivity index (χ2v) is 8.19. The van der Waals surface area contributed by atoms with E-state index in [0.29, 0.717) is 24.4 Å². The summed E-state index contributed by atoms with van der Waals surface area (Å²) in [4.78, 5) is 12.8. The predicted molar refractivity (Wildman–Crippen MR) is 107 cm³/mol. The zero-order valence-electron chi connectivity index (χ0n) is 16.1. The van der Waals surface area contributed by atoms with Crippen molar-refractivity contribution in [2.45, 2.75) is 32.9 Å². The largest absolute Gasteiger partial charge is 0.497 e. The van der Waals surface area contributed by atoms with Crippen molar-refractivity contribution in [1.29, 1.82) is 0 Å². The summed E-state index contributed by atoms with van der Waals surface area (Å²) in [7, 11) is -2.16. The number of methoxy groups -OCH3 is 1. The second kappa shape index (κ2) is 8.90. The van der Waals surface area contributed by atoms with Gasteiger partial charge in [0.15, 0.2) is 0 Å². The number of hydrogen-bond acceptors (Lipinski definition) is 4. The van der Waals surface area contributed by atoms with Gasteiger partial charge in [0.05, 0.1) is 19.1 Å². The van der Waals surface area contributed by atoms with Gasteiger partial charge in [0.25, 0.3) is 0 Å². The molecule has 1 amide bonds. The van der Waals surface area contributed by atoms with Crippen molar-refractivity contribution in [3.63, 3.8) is 0 Å². The standard InChI is InChI=1S/C20H26N2O4S/c1-5-19(20(23)21-14-16-10-7-6-9-15(16)2)22(27(4,24)25)17-11-8-12-18(13-17)26-3/h6-13,19H,5,14H2,1-4H3,(H,21,23). The van der Waals surface area contributed by atoms with Gasteiger partial charge >= 0.3 is 0 Å². The van der Waals surface area contributed by atoms with Crippen LogP contribution in [0.2, 0.25) is 0 Å². The Kier molecular flexibility index (Phi) is 6.85. The van der Waals surface area contributed by atoms with Gasteiger partial charge in [-0.1, -0.05) is 37.3 Å². The van der Waals surface area contributed by atoms with Crippen molar-refractivity contribution in [1.82, 2.24) is 5.32 Å². The summed E-state index contributed by atoms with van der Waals surface area (Å²) in [5.74, 6) is 0.185. The predicted octanol–water partition coefficient (Wildman–Crippen LogP) is 2.86. The maximum Gasteiger partial charge on any atom is 0.244 e. The van der Waals surface area contributed by atoms with Gasteiger partial charge < -0.3 is 10.1 Å². The van der Waals surface area contributed by atoms with Gasteiger partial charge in [-0.2, -0.15) is 0 Å². The number of ether oxygens (including phenoxy) is 1. The second-order valence-electron chi connectivity index (χ2n) is 6.33. The molecule has 0 heterocycles. The monoisotopic (exact) mass is 390 g/mol. The molecule has 0 saturated heterocycles. The molecule has 6 nitrogen and oxygen atoms in total. The van der Waals surface area contributed by atoms with Gasteiger partial charge in [-0.05, 0) is 36.6 Å². The molecule has 27 heavy (non-hydrogen) atoms. The highest BCUT2D eigenvalue weighted by molar-refractivity contribution is 7.92. The Morgan fingerprint density at radius 2 is 1.89 bits per heavy atom. The van der Waals surface area contributed by atoms with Crippen LogP contribution in [-0.2, 0) is 21.4 Å². The van der Waals surface area contributed by atoms with Crippen molar-refractivity contribution in [3.8, 4) is 5.75 Å². The minimum Gasteiger partial charge on any atom is -0.497 e. The Balaban J connectivity index is 2.29. The number of nitrogens with zero attached hydrogens (tertiary/aromatic N) is 1. The molecule has 0 aliphatic heterocycles. The van der Waals surface area contributed by atoms with Crippen LogP contribution in [0.1, 0.15) is 24.5 Å². The van der Waals surface area contributed by atoms with Gasteiger partial charge in [-0.25, -0.2) is 8.42 Å². The molecule has 1 unspecified atom stereocenters. The quantitative estimate of drug-likeness (QED) is 0.752. The number of anilines is 1. The van der Waals surface area contributed by atoms with Crippen molar-refractivity contribution in [2.24, 2.45) is 0 Å². The molecule has 0 radical (unpaired) electrons. The molecular formula is C20H26N2O4S. The number of sulfonamides is 1. The van der Waals surface area contributed by atoms with Crippen molar-refractivity contribution in [3.05, 3.63) is 59.7 Å². The van der Waals surface area contributed by atoms with E-state index in [1.165, 1.54) is 7.11 Å². The highest BCUT2D eigenvalue weighted by Gasteiger charge is 2.31. The lowest BCUT2D eigenvalue weighted by Crippen LogP contribution is -2.49. The fraction of sp³-hybridized carbons (Fsp3) is 0.350. The smallest absolute Gasteiger partial charge is 0.244 e. The summed E-state index contributed by atoms with van der Waals surface area (Å²) in [5.41, 5.74) is 2.46. The number of nitrogens with one attached hydrogen (secondary N) is 1. The number of carbonyl (C=O) groups is 1. The maximum atomic E-state index is 12.8. The third kappa shape index (κ3) is 5.23. The first-order valence-corrected chi connectivity index (χ1v) is 10.6. The number of benzene rings is 2. The molecule has 2 rings (SSSR count). The highest BCUT2D eigenvalue weighted by atomic mass is 32.2. The van der Waals surface area contributed by atoms with Crippen LogP contribution in [0.25, 0.3) is 0 Å². The fourth-order valence-electron chi connectivity index (χ4n) is 2.92. The maximum absolute atomic E-state index is 12.8. The van der Waals surface area contributed by atoms with Crippen LogP contribution in [0.4, 0.5) is 5.69 Å². The Labute approximate surface area is 161 Å². The third-order valence-corrected chi connectivity index (χ3v) is 5.53. The van der Waals surface area contributed by atoms with E-state index in [4.69, 9.17) is 4.74 Å². The number of carbonyl (C=O) groups excluding carboxylic acids is 1. The van der Waals surface area contributed by atoms with E-state index in [1.807, 2.05) is 31.2 Å². The van der Waals surface area contributed by atoms with Crippen molar-refractivity contribution in [2.75, 3.05) is 17.7 Å². The molecule has 0 saturated carbocycles. The summed E-state index contributed by atoms with van der Waals surface area (Å²) in [6.45, 7) is 4.10. The first kappa shape index (κ1) is 20.8. The summed E-state index contributed by atoms with van der Waals surface area (Å²) in [5, 5.41) is 2.87. The fourth-order valence-corrected chi connectivity index (χ4v) is 4.12. The van der Waals surface area contributed by atoms with Crippen molar-refractivity contribution >= 4 is 21.6 Å². The first-order chi connectivity index (χ1) is 12.8. The molecule has 0 aliphatic carbocycles. The lowest BCUT2D eigenvalue weighted by atomic mass is 10.1. The molecule has 146 valence electrons. The van der Waals surface area contributed by atoms with Crippen LogP contribution < -0.4 is 14.4 Å². The first-order valence-electron chi connectivity index (χ1n) is 8.73. The van der Waals surface area contributed by atoms with Crippen LogP contribution in [0.3, 0.4) is 0 Å². The lowest BCUT2D eigenvalue weighted by molar-refractivity contribution is -0.122. The van der Waals surface area contributed by atoms with Crippen LogP contribution in [0, 0.1) is 6.92 Å². The van der Waals surface area contributed by atoms with Crippen LogP contribution in [-0.4, -0.2) is 33.7 Å². The number of aryl methyl sites for hydroxylation is 1. The molecule has 1 N–H and O–H groups in total. The van der Waals surface area contributed by atoms with E-state index in [1.54, 1.807) is 31.2 Å². The van der Waals surface area contributed by atoms with Crippen LogP contribution in [0.15, 0.2) is 48.5 Å². The molecule has 0 aliphatic rings. The van der Waals surface area contributed by atoms with E-state index in [0.717, 1.165) is 21.7 Å². The molecule has 7 heteroatoms. The van der Waals surface area contributed by atoms with Gasteiger partial charge in [-0.15, -0.1) is 0 Å². The Hall–Kier alpha value is -2.54. The van der Waals surface area contributed by atoms with Gasteiger partial charge in [0.2, 0.25) is 15.9 Å². The number of amides is 1. The van der Waals surface area contributed by atoms with E-state index in [9.17, 15) is 13.2 Å². The molecule has 1 atom stereocenters. The summed E-state index contributed by atoms with van der Waals surface area (Å²) in [6.07, 6.45) is 1.44. The average molecular weight is 391 g/mol. The minimum absolute atomic E-state index is 0.337. The topological polar surface area (TPSA) is 75.7 Å². The Morgan fingerprint density at radius 3 is 2.48 bits per heavy atom. The zero-order valence-corrected chi connectivity index (χ0v) is 16.9. The lowest BCUT2D eigenvalue weighted by Gasteiger charge is -2.30. The molecule has 0 fully saturated rings. The molecule has 2 aromatic carbocycles. The SMILES string of the molecule is CCC(C(=O)NCc1ccccc1C)N(c1cccc(OC)c1)S(C)(=O)=O. The minimum atomic E-state index is -3.67. The summed E-state index contributed by atoms with van der Waals surface area (Å²) < 4.78 is 31.3.